The van der Waals surface area contributed by atoms with Gasteiger partial charge >= 0.3 is 0 Å². The molecule has 3 rings (SSSR count). The van der Waals surface area contributed by atoms with Crippen molar-refractivity contribution in [2.75, 3.05) is 0 Å². The summed E-state index contributed by atoms with van der Waals surface area (Å²) in [5.41, 5.74) is 2.43. The third-order valence-electron chi connectivity index (χ3n) is 4.89. The second-order valence-electron chi connectivity index (χ2n) is 6.32. The molecule has 0 N–H and O–H groups in total. The minimum Gasteiger partial charge on any atom is -0.211 e. The van der Waals surface area contributed by atoms with Crippen LogP contribution in [0.3, 0.4) is 0 Å². The molecule has 2 saturated carbocycles. The number of nitrogens with zero attached hydrogens (tertiary/aromatic N) is 1. The average Bonchev–Trinajstić information content (AvgIpc) is 3.21. The maximum atomic E-state index is 10.6. The van der Waals surface area contributed by atoms with E-state index in [9.17, 15) is 4.79 Å². The quantitative estimate of drug-likeness (QED) is 0.584. The standard InChI is InChI=1S/C17H21NO/c1-13-5-7-14(8-6-13)15-3-2-4-16(11-15)17(9-10-17)18-12-19/h2-4,11,13-14H,5-10H2,1H3. The van der Waals surface area contributed by atoms with E-state index in [0.717, 1.165) is 18.8 Å². The van der Waals surface area contributed by atoms with Gasteiger partial charge in [0, 0.05) is 0 Å². The number of aliphatic imine (C=N–C) groups is 1. The normalized spacial score (nSPS) is 28.5. The van der Waals surface area contributed by atoms with Crippen molar-refractivity contribution in [3.05, 3.63) is 35.4 Å². The molecule has 0 radical (unpaired) electrons. The topological polar surface area (TPSA) is 29.4 Å². The largest absolute Gasteiger partial charge is 0.235 e. The molecular formula is C17H21NO. The number of rotatable bonds is 3. The highest BCUT2D eigenvalue weighted by Gasteiger charge is 2.44. The minimum absolute atomic E-state index is 0.223. The maximum absolute atomic E-state index is 10.6. The fourth-order valence-corrected chi connectivity index (χ4v) is 3.35. The van der Waals surface area contributed by atoms with Crippen LogP contribution in [0.4, 0.5) is 0 Å². The zero-order valence-electron chi connectivity index (χ0n) is 11.6. The van der Waals surface area contributed by atoms with Crippen molar-refractivity contribution in [3.8, 4) is 0 Å². The Balaban J connectivity index is 1.82. The first-order valence-corrected chi connectivity index (χ1v) is 7.43. The van der Waals surface area contributed by atoms with Crippen molar-refractivity contribution in [1.29, 1.82) is 0 Å². The molecule has 0 atom stereocenters. The average molecular weight is 255 g/mol. The molecule has 0 amide bonds. The number of isocyanates is 1. The summed E-state index contributed by atoms with van der Waals surface area (Å²) in [4.78, 5) is 14.6. The Bertz CT molecular complexity index is 504. The van der Waals surface area contributed by atoms with Crippen molar-refractivity contribution in [2.24, 2.45) is 10.9 Å². The van der Waals surface area contributed by atoms with Crippen molar-refractivity contribution in [3.63, 3.8) is 0 Å². The van der Waals surface area contributed by atoms with Crippen LogP contribution in [-0.4, -0.2) is 6.08 Å². The van der Waals surface area contributed by atoms with Crippen LogP contribution in [0.25, 0.3) is 0 Å². The van der Waals surface area contributed by atoms with Gasteiger partial charge in [0.25, 0.3) is 0 Å². The van der Waals surface area contributed by atoms with Gasteiger partial charge in [-0.1, -0.05) is 44.0 Å². The van der Waals surface area contributed by atoms with Crippen LogP contribution < -0.4 is 0 Å². The van der Waals surface area contributed by atoms with Crippen molar-refractivity contribution in [1.82, 2.24) is 0 Å². The Morgan fingerprint density at radius 3 is 2.58 bits per heavy atom. The first-order chi connectivity index (χ1) is 9.23. The van der Waals surface area contributed by atoms with E-state index in [0.29, 0.717) is 5.92 Å². The van der Waals surface area contributed by atoms with Gasteiger partial charge < -0.3 is 0 Å². The smallest absolute Gasteiger partial charge is 0.211 e. The molecule has 0 saturated heterocycles. The Labute approximate surface area is 114 Å². The number of hydrogen-bond donors (Lipinski definition) is 0. The van der Waals surface area contributed by atoms with E-state index in [2.05, 4.69) is 36.2 Å². The molecule has 2 nitrogen and oxygen atoms in total. The van der Waals surface area contributed by atoms with E-state index in [4.69, 9.17) is 0 Å². The van der Waals surface area contributed by atoms with Crippen LogP contribution in [0.2, 0.25) is 0 Å². The van der Waals surface area contributed by atoms with Gasteiger partial charge in [0.2, 0.25) is 6.08 Å². The lowest BCUT2D eigenvalue weighted by molar-refractivity contribution is 0.348. The number of hydrogen-bond acceptors (Lipinski definition) is 2. The molecule has 1 aromatic carbocycles. The molecule has 19 heavy (non-hydrogen) atoms. The Morgan fingerprint density at radius 1 is 1.21 bits per heavy atom. The summed E-state index contributed by atoms with van der Waals surface area (Å²) < 4.78 is 0. The summed E-state index contributed by atoms with van der Waals surface area (Å²) in [6.45, 7) is 2.35. The summed E-state index contributed by atoms with van der Waals surface area (Å²) >= 11 is 0. The van der Waals surface area contributed by atoms with Crippen LogP contribution in [-0.2, 0) is 10.3 Å². The molecule has 0 aromatic heterocycles. The molecule has 100 valence electrons. The lowest BCUT2D eigenvalue weighted by atomic mass is 9.79. The highest BCUT2D eigenvalue weighted by molar-refractivity contribution is 5.42. The van der Waals surface area contributed by atoms with Crippen LogP contribution in [0.1, 0.15) is 62.5 Å². The monoisotopic (exact) mass is 255 g/mol. The van der Waals surface area contributed by atoms with E-state index in [1.54, 1.807) is 6.08 Å². The molecule has 2 aliphatic rings. The molecule has 2 fully saturated rings. The molecular weight excluding hydrogens is 234 g/mol. The van der Waals surface area contributed by atoms with Crippen molar-refractivity contribution < 1.29 is 4.79 Å². The van der Waals surface area contributed by atoms with Crippen LogP contribution >= 0.6 is 0 Å². The highest BCUT2D eigenvalue weighted by Crippen LogP contribution is 2.50. The molecule has 0 unspecified atom stereocenters. The van der Waals surface area contributed by atoms with Gasteiger partial charge in [-0.15, -0.1) is 0 Å². The Hall–Kier alpha value is -1.40. The second kappa shape index (κ2) is 4.94. The molecule has 0 aliphatic heterocycles. The van der Waals surface area contributed by atoms with Gasteiger partial charge in [0.05, 0.1) is 5.54 Å². The predicted molar refractivity (Wildman–Crippen MR) is 75.8 cm³/mol. The van der Waals surface area contributed by atoms with Crippen molar-refractivity contribution in [2.45, 2.75) is 56.9 Å². The minimum atomic E-state index is -0.223. The highest BCUT2D eigenvalue weighted by atomic mass is 16.1. The number of carbonyl (C=O) groups excluding carboxylic acids is 1. The van der Waals surface area contributed by atoms with E-state index in [1.807, 2.05) is 0 Å². The van der Waals surface area contributed by atoms with Crippen LogP contribution in [0, 0.1) is 5.92 Å². The molecule has 2 heteroatoms. The first kappa shape index (κ1) is 12.6. The summed E-state index contributed by atoms with van der Waals surface area (Å²) in [7, 11) is 0. The van der Waals surface area contributed by atoms with Gasteiger partial charge in [-0.25, -0.2) is 4.79 Å². The lowest BCUT2D eigenvalue weighted by Crippen LogP contribution is -2.12. The fourth-order valence-electron chi connectivity index (χ4n) is 3.35. The van der Waals surface area contributed by atoms with Gasteiger partial charge in [-0.05, 0) is 48.6 Å². The van der Waals surface area contributed by atoms with Crippen LogP contribution in [0.15, 0.2) is 29.3 Å². The lowest BCUT2D eigenvalue weighted by Gasteiger charge is -2.27. The summed E-state index contributed by atoms with van der Waals surface area (Å²) in [5, 5.41) is 0. The van der Waals surface area contributed by atoms with Crippen LogP contribution in [0.5, 0.6) is 0 Å². The third-order valence-corrected chi connectivity index (χ3v) is 4.89. The van der Waals surface area contributed by atoms with E-state index in [1.165, 1.54) is 36.8 Å². The Morgan fingerprint density at radius 2 is 1.95 bits per heavy atom. The first-order valence-electron chi connectivity index (χ1n) is 7.43. The SMILES string of the molecule is CC1CCC(c2cccc(C3(N=C=O)CC3)c2)CC1. The van der Waals surface area contributed by atoms with Crippen molar-refractivity contribution >= 4 is 6.08 Å². The zero-order chi connectivity index (χ0) is 13.3. The molecule has 0 bridgehead atoms. The second-order valence-corrected chi connectivity index (χ2v) is 6.32. The molecule has 0 heterocycles. The van der Waals surface area contributed by atoms with E-state index >= 15 is 0 Å². The number of benzene rings is 1. The summed E-state index contributed by atoms with van der Waals surface area (Å²) in [6.07, 6.45) is 9.02. The Kier molecular flexibility index (Phi) is 3.28. The summed E-state index contributed by atoms with van der Waals surface area (Å²) in [5.74, 6) is 1.58. The molecule has 2 aliphatic carbocycles. The van der Waals surface area contributed by atoms with Gasteiger partial charge in [0.1, 0.15) is 0 Å². The molecule has 0 spiro atoms. The van der Waals surface area contributed by atoms with Gasteiger partial charge in [-0.3, -0.25) is 0 Å². The van der Waals surface area contributed by atoms with Gasteiger partial charge in [0.15, 0.2) is 0 Å². The summed E-state index contributed by atoms with van der Waals surface area (Å²) in [6, 6.07) is 8.77. The molecule has 1 aromatic rings. The maximum Gasteiger partial charge on any atom is 0.235 e. The van der Waals surface area contributed by atoms with Gasteiger partial charge in [-0.2, -0.15) is 4.99 Å². The predicted octanol–water partition coefficient (Wildman–Crippen LogP) is 4.31. The zero-order valence-corrected chi connectivity index (χ0v) is 11.6. The van der Waals surface area contributed by atoms with E-state index in [-0.39, 0.29) is 5.54 Å². The third kappa shape index (κ3) is 2.50. The van der Waals surface area contributed by atoms with E-state index < -0.39 is 0 Å². The fraction of sp³-hybridized carbons (Fsp3) is 0.588.